The van der Waals surface area contributed by atoms with Crippen LogP contribution in [0, 0.1) is 0 Å². The van der Waals surface area contributed by atoms with E-state index in [9.17, 15) is 0 Å². The predicted molar refractivity (Wildman–Crippen MR) is 301 cm³/mol. The van der Waals surface area contributed by atoms with Gasteiger partial charge in [-0.25, -0.2) is 0 Å². The van der Waals surface area contributed by atoms with Crippen LogP contribution in [-0.4, -0.2) is 11.4 Å². The molecule has 67 heavy (non-hydrogen) atoms. The Morgan fingerprint density at radius 2 is 0.493 bits per heavy atom. The molecule has 0 fully saturated rings. The topological polar surface area (TPSA) is 24.7 Å². The van der Waals surface area contributed by atoms with E-state index < -0.39 is 0 Å². The smallest absolute Gasteiger partial charge is 0.0636 e. The van der Waals surface area contributed by atoms with Gasteiger partial charge in [-0.2, -0.15) is 0 Å². The minimum atomic E-state index is 0. The second-order valence-corrected chi connectivity index (χ2v) is 20.8. The van der Waals surface area contributed by atoms with E-state index in [2.05, 4.69) is 77.9 Å². The van der Waals surface area contributed by atoms with Crippen molar-refractivity contribution in [1.82, 2.24) is 0 Å². The van der Waals surface area contributed by atoms with Crippen molar-refractivity contribution in [2.24, 2.45) is 9.98 Å². The summed E-state index contributed by atoms with van der Waals surface area (Å²) >= 11 is 0. The van der Waals surface area contributed by atoms with Gasteiger partial charge in [0.05, 0.1) is 22.8 Å². The summed E-state index contributed by atoms with van der Waals surface area (Å²) < 4.78 is 0. The van der Waals surface area contributed by atoms with Gasteiger partial charge in [0.15, 0.2) is 0 Å². The van der Waals surface area contributed by atoms with E-state index in [-0.39, 0.29) is 16.5 Å². The summed E-state index contributed by atoms with van der Waals surface area (Å²) in [6, 6.07) is 14.3. The van der Waals surface area contributed by atoms with Crippen molar-refractivity contribution >= 4 is 22.8 Å². The summed E-state index contributed by atoms with van der Waals surface area (Å²) in [5, 5.41) is 0. The Bertz CT molecular complexity index is 1460. The molecule has 0 aliphatic rings. The third kappa shape index (κ3) is 33.5. The predicted octanol–water partition coefficient (Wildman–Crippen LogP) is 22.4. The molecule has 2 aromatic carbocycles. The van der Waals surface area contributed by atoms with Crippen LogP contribution in [0.3, 0.4) is 0 Å². The number of aliphatic imine (C=N–C) groups is 2. The Morgan fingerprint density at radius 3 is 0.761 bits per heavy atom. The number of aryl methyl sites for hydroxylation is 4. The summed E-state index contributed by atoms with van der Waals surface area (Å²) in [5.74, 6) is 0. The first-order chi connectivity index (χ1) is 32.6. The number of hydrogen-bond acceptors (Lipinski definition) is 2. The Balaban J connectivity index is 0.0000224. The molecular formula is C64H112N2Ni. The zero-order valence-corrected chi connectivity index (χ0v) is 46.8. The Kier molecular flexibility index (Phi) is 44.1. The first-order valence-corrected chi connectivity index (χ1v) is 30.0. The first-order valence-electron chi connectivity index (χ1n) is 30.0. The zero-order valence-electron chi connectivity index (χ0n) is 45.8. The van der Waals surface area contributed by atoms with Crippen molar-refractivity contribution in [3.8, 4) is 0 Å². The van der Waals surface area contributed by atoms with Gasteiger partial charge in [-0.15, -0.1) is 0 Å². The van der Waals surface area contributed by atoms with Gasteiger partial charge < -0.3 is 0 Å². The van der Waals surface area contributed by atoms with E-state index in [0.717, 1.165) is 37.1 Å². The molecule has 0 aliphatic heterocycles. The monoisotopic (exact) mass is 967 g/mol. The van der Waals surface area contributed by atoms with Gasteiger partial charge in [0.25, 0.3) is 0 Å². The van der Waals surface area contributed by atoms with Crippen LogP contribution in [0.15, 0.2) is 46.4 Å². The third-order valence-corrected chi connectivity index (χ3v) is 14.5. The van der Waals surface area contributed by atoms with Crippen LogP contribution < -0.4 is 0 Å². The second-order valence-electron chi connectivity index (χ2n) is 20.8. The molecule has 0 N–H and O–H groups in total. The van der Waals surface area contributed by atoms with E-state index in [1.165, 1.54) is 291 Å². The molecule has 0 atom stereocenters. The van der Waals surface area contributed by atoms with E-state index in [1.54, 1.807) is 0 Å². The Hall–Kier alpha value is -1.73. The van der Waals surface area contributed by atoms with E-state index in [0.29, 0.717) is 0 Å². The number of hydrogen-bond donors (Lipinski definition) is 0. The molecule has 0 saturated heterocycles. The van der Waals surface area contributed by atoms with Crippen LogP contribution in [0.5, 0.6) is 0 Å². The molecular weight excluding hydrogens is 855 g/mol. The fourth-order valence-corrected chi connectivity index (χ4v) is 9.95. The second kappa shape index (κ2) is 46.6. The fraction of sp³-hybridized carbons (Fsp3) is 0.781. The van der Waals surface area contributed by atoms with Gasteiger partial charge in [0, 0.05) is 16.5 Å². The number of benzene rings is 2. The molecule has 0 unspecified atom stereocenters. The number of unbranched alkanes of at least 4 members (excludes halogenated alkanes) is 32. The maximum atomic E-state index is 5.59. The standard InChI is InChI=1S/C64H112N2.Ni/c1-7-13-19-21-22-23-24-25-26-27-28-29-30-31-32-33-34-35-36-37-38-39-40-41-42-44-50-64(66-62-54-52-58(46-16-10-4)60(56-62)48-18-12-6)63(49-43-20-14-8-2)65-61-53-51-57(45-15-9-3)59(55-61)47-17-11-5;/h51-56H,7-50H2,1-6H3;. The van der Waals surface area contributed by atoms with Crippen LogP contribution in [0.1, 0.15) is 321 Å². The van der Waals surface area contributed by atoms with E-state index >= 15 is 0 Å². The SMILES string of the molecule is CCCCCCCCCCCCCCCCCCCCCCCCCCCCC(=Nc1ccc(CCCC)c(CCCC)c1)C(CCCCCC)=Nc1ccc(CCCC)c(CCCC)c1.[Ni]. The van der Waals surface area contributed by atoms with Gasteiger partial charge in [0.1, 0.15) is 0 Å². The van der Waals surface area contributed by atoms with Crippen LogP contribution in [0.25, 0.3) is 0 Å². The largest absolute Gasteiger partial charge is 0.252 e. The summed E-state index contributed by atoms with van der Waals surface area (Å²) in [7, 11) is 0. The average Bonchev–Trinajstić information content (AvgIpc) is 3.33. The summed E-state index contributed by atoms with van der Waals surface area (Å²) in [4.78, 5) is 11.2. The summed E-state index contributed by atoms with van der Waals surface area (Å²) in [6.07, 6.45) is 59.0. The molecule has 2 aromatic rings. The van der Waals surface area contributed by atoms with Crippen molar-refractivity contribution in [2.45, 2.75) is 324 Å². The minimum Gasteiger partial charge on any atom is -0.252 e. The molecule has 2 nitrogen and oxygen atoms in total. The third-order valence-electron chi connectivity index (χ3n) is 14.5. The van der Waals surface area contributed by atoms with Crippen molar-refractivity contribution in [2.75, 3.05) is 0 Å². The molecule has 0 saturated carbocycles. The number of rotatable bonds is 47. The maximum absolute atomic E-state index is 5.59. The van der Waals surface area contributed by atoms with Crippen LogP contribution in [0.2, 0.25) is 0 Å². The Morgan fingerprint density at radius 1 is 0.269 bits per heavy atom. The summed E-state index contributed by atoms with van der Waals surface area (Å²) in [6.45, 7) is 13.9. The van der Waals surface area contributed by atoms with Crippen LogP contribution >= 0.6 is 0 Å². The molecule has 0 aliphatic carbocycles. The molecule has 388 valence electrons. The molecule has 2 rings (SSSR count). The molecule has 0 amide bonds. The van der Waals surface area contributed by atoms with Gasteiger partial charge in [-0.1, -0.05) is 259 Å². The molecule has 0 heterocycles. The van der Waals surface area contributed by atoms with Crippen molar-refractivity contribution in [3.05, 3.63) is 58.7 Å². The maximum Gasteiger partial charge on any atom is 0.0636 e. The molecule has 0 bridgehead atoms. The molecule has 0 spiro atoms. The average molecular weight is 968 g/mol. The van der Waals surface area contributed by atoms with Gasteiger partial charge >= 0.3 is 0 Å². The zero-order chi connectivity index (χ0) is 47.4. The number of nitrogens with zero attached hydrogens (tertiary/aromatic N) is 2. The fourth-order valence-electron chi connectivity index (χ4n) is 9.95. The van der Waals surface area contributed by atoms with Crippen molar-refractivity contribution < 1.29 is 16.5 Å². The molecule has 0 aromatic heterocycles. The van der Waals surface area contributed by atoms with Gasteiger partial charge in [0.2, 0.25) is 0 Å². The first kappa shape index (κ1) is 63.3. The summed E-state index contributed by atoms with van der Waals surface area (Å²) in [5.41, 5.74) is 10.9. The minimum absolute atomic E-state index is 0. The quantitative estimate of drug-likeness (QED) is 0.0359. The molecule has 3 heteroatoms. The van der Waals surface area contributed by atoms with Gasteiger partial charge in [-0.3, -0.25) is 9.98 Å². The van der Waals surface area contributed by atoms with Crippen molar-refractivity contribution in [1.29, 1.82) is 0 Å². The normalized spacial score (nSPS) is 12.0. The van der Waals surface area contributed by atoms with Crippen LogP contribution in [-0.2, 0) is 42.2 Å². The Labute approximate surface area is 429 Å². The van der Waals surface area contributed by atoms with Gasteiger partial charge in [-0.05, 0) is 124 Å². The molecule has 0 radical (unpaired) electrons. The van der Waals surface area contributed by atoms with E-state index in [4.69, 9.17) is 9.98 Å². The van der Waals surface area contributed by atoms with Crippen LogP contribution in [0.4, 0.5) is 11.4 Å². The van der Waals surface area contributed by atoms with E-state index in [1.807, 2.05) is 0 Å². The van der Waals surface area contributed by atoms with Crippen molar-refractivity contribution in [3.63, 3.8) is 0 Å².